The molecule has 1 saturated heterocycles. The van der Waals surface area contributed by atoms with E-state index in [9.17, 15) is 4.79 Å². The summed E-state index contributed by atoms with van der Waals surface area (Å²) in [6.45, 7) is 6.11. The van der Waals surface area contributed by atoms with Crippen LogP contribution in [0.4, 0.5) is 11.4 Å². The molecule has 1 heterocycles. The predicted molar refractivity (Wildman–Crippen MR) is 88.9 cm³/mol. The van der Waals surface area contributed by atoms with Crippen molar-refractivity contribution >= 4 is 17.3 Å². The highest BCUT2D eigenvalue weighted by molar-refractivity contribution is 5.91. The molecule has 1 amide bonds. The SMILES string of the molecule is CCC(=O)Nc1ccc(C)c(NCC2CCCCN2C)c1. The molecular formula is C17H27N3O. The van der Waals surface area contributed by atoms with Gasteiger partial charge in [0.15, 0.2) is 0 Å². The third-order valence-electron chi connectivity index (χ3n) is 4.29. The fraction of sp³-hybridized carbons (Fsp3) is 0.588. The normalized spacial score (nSPS) is 19.3. The minimum atomic E-state index is 0.0526. The standard InChI is InChI=1S/C17H27N3O/c1-4-17(21)19-14-9-8-13(2)16(11-14)18-12-15-7-5-6-10-20(15)3/h8-9,11,15,18H,4-7,10,12H2,1-3H3,(H,19,21). The first-order valence-corrected chi connectivity index (χ1v) is 7.94. The van der Waals surface area contributed by atoms with E-state index in [1.165, 1.54) is 31.4 Å². The minimum absolute atomic E-state index is 0.0526. The molecule has 4 nitrogen and oxygen atoms in total. The number of nitrogens with zero attached hydrogens (tertiary/aromatic N) is 1. The maximum Gasteiger partial charge on any atom is 0.224 e. The van der Waals surface area contributed by atoms with Crippen molar-refractivity contribution in [3.05, 3.63) is 23.8 Å². The zero-order chi connectivity index (χ0) is 15.2. The molecule has 0 radical (unpaired) electrons. The van der Waals surface area contributed by atoms with Gasteiger partial charge in [-0.05, 0) is 51.1 Å². The van der Waals surface area contributed by atoms with Gasteiger partial charge < -0.3 is 15.5 Å². The van der Waals surface area contributed by atoms with Gasteiger partial charge in [0.05, 0.1) is 0 Å². The zero-order valence-electron chi connectivity index (χ0n) is 13.4. The van der Waals surface area contributed by atoms with E-state index in [1.54, 1.807) is 0 Å². The van der Waals surface area contributed by atoms with Crippen LogP contribution in [0.3, 0.4) is 0 Å². The fourth-order valence-corrected chi connectivity index (χ4v) is 2.77. The van der Waals surface area contributed by atoms with E-state index < -0.39 is 0 Å². The number of aryl methyl sites for hydroxylation is 1. The lowest BCUT2D eigenvalue weighted by Gasteiger charge is -2.33. The molecule has 2 rings (SSSR count). The number of piperidine rings is 1. The van der Waals surface area contributed by atoms with Crippen molar-refractivity contribution in [3.63, 3.8) is 0 Å². The van der Waals surface area contributed by atoms with Gasteiger partial charge in [-0.2, -0.15) is 0 Å². The summed E-state index contributed by atoms with van der Waals surface area (Å²) < 4.78 is 0. The molecule has 21 heavy (non-hydrogen) atoms. The van der Waals surface area contributed by atoms with Crippen molar-refractivity contribution in [3.8, 4) is 0 Å². The molecule has 0 aromatic heterocycles. The van der Waals surface area contributed by atoms with Gasteiger partial charge >= 0.3 is 0 Å². The fourth-order valence-electron chi connectivity index (χ4n) is 2.77. The van der Waals surface area contributed by atoms with Crippen LogP contribution >= 0.6 is 0 Å². The molecule has 1 aromatic carbocycles. The second-order valence-electron chi connectivity index (χ2n) is 5.94. The molecule has 0 bridgehead atoms. The summed E-state index contributed by atoms with van der Waals surface area (Å²) >= 11 is 0. The average Bonchev–Trinajstić information content (AvgIpc) is 2.49. The first-order valence-electron chi connectivity index (χ1n) is 7.94. The molecule has 1 aromatic rings. The number of nitrogens with one attached hydrogen (secondary N) is 2. The highest BCUT2D eigenvalue weighted by Crippen LogP contribution is 2.22. The van der Waals surface area contributed by atoms with E-state index in [-0.39, 0.29) is 5.91 Å². The molecule has 0 spiro atoms. The van der Waals surface area contributed by atoms with Crippen LogP contribution in [0.15, 0.2) is 18.2 Å². The Kier molecular flexibility index (Phi) is 5.62. The van der Waals surface area contributed by atoms with Crippen LogP contribution in [0.1, 0.15) is 38.2 Å². The smallest absolute Gasteiger partial charge is 0.224 e. The number of benzene rings is 1. The Morgan fingerprint density at radius 3 is 2.90 bits per heavy atom. The monoisotopic (exact) mass is 289 g/mol. The average molecular weight is 289 g/mol. The summed E-state index contributed by atoms with van der Waals surface area (Å²) in [4.78, 5) is 13.9. The number of hydrogen-bond acceptors (Lipinski definition) is 3. The van der Waals surface area contributed by atoms with Crippen molar-refractivity contribution < 1.29 is 4.79 Å². The van der Waals surface area contributed by atoms with Crippen molar-refractivity contribution in [2.45, 2.75) is 45.6 Å². The lowest BCUT2D eigenvalue weighted by molar-refractivity contribution is -0.115. The van der Waals surface area contributed by atoms with Crippen molar-refractivity contribution in [2.24, 2.45) is 0 Å². The van der Waals surface area contributed by atoms with Gasteiger partial charge in [0.25, 0.3) is 0 Å². The van der Waals surface area contributed by atoms with Crippen molar-refractivity contribution in [2.75, 3.05) is 30.8 Å². The number of carbonyl (C=O) groups excluding carboxylic acids is 1. The Morgan fingerprint density at radius 2 is 2.19 bits per heavy atom. The first-order chi connectivity index (χ1) is 10.1. The largest absolute Gasteiger partial charge is 0.383 e. The number of likely N-dealkylation sites (N-methyl/N-ethyl adjacent to an activating group) is 1. The van der Waals surface area contributed by atoms with Gasteiger partial charge in [-0.15, -0.1) is 0 Å². The summed E-state index contributed by atoms with van der Waals surface area (Å²) in [5.41, 5.74) is 3.19. The third-order valence-corrected chi connectivity index (χ3v) is 4.29. The number of hydrogen-bond donors (Lipinski definition) is 2. The van der Waals surface area contributed by atoms with Crippen LogP contribution in [0.25, 0.3) is 0 Å². The van der Waals surface area contributed by atoms with E-state index in [0.717, 1.165) is 17.9 Å². The lowest BCUT2D eigenvalue weighted by Crippen LogP contribution is -2.40. The molecule has 4 heteroatoms. The molecule has 1 fully saturated rings. The quantitative estimate of drug-likeness (QED) is 0.874. The summed E-state index contributed by atoms with van der Waals surface area (Å²) in [6.07, 6.45) is 4.39. The Morgan fingerprint density at radius 1 is 1.38 bits per heavy atom. The number of amides is 1. The highest BCUT2D eigenvalue weighted by atomic mass is 16.1. The van der Waals surface area contributed by atoms with Crippen molar-refractivity contribution in [1.82, 2.24) is 4.90 Å². The lowest BCUT2D eigenvalue weighted by atomic mass is 10.0. The van der Waals surface area contributed by atoms with Crippen LogP contribution in [-0.2, 0) is 4.79 Å². The van der Waals surface area contributed by atoms with Gasteiger partial charge in [0, 0.05) is 30.4 Å². The van der Waals surface area contributed by atoms with Crippen LogP contribution in [0.2, 0.25) is 0 Å². The molecule has 0 saturated carbocycles. The van der Waals surface area contributed by atoms with E-state index in [4.69, 9.17) is 0 Å². The maximum absolute atomic E-state index is 11.5. The van der Waals surface area contributed by atoms with Gasteiger partial charge in [-0.3, -0.25) is 4.79 Å². The third kappa shape index (κ3) is 4.46. The number of rotatable bonds is 5. The number of carbonyl (C=O) groups is 1. The first kappa shape index (κ1) is 15.8. The van der Waals surface area contributed by atoms with Gasteiger partial charge in [0.1, 0.15) is 0 Å². The molecule has 0 aliphatic carbocycles. The topological polar surface area (TPSA) is 44.4 Å². The van der Waals surface area contributed by atoms with Crippen LogP contribution in [0.5, 0.6) is 0 Å². The van der Waals surface area contributed by atoms with Crippen molar-refractivity contribution in [1.29, 1.82) is 0 Å². The molecule has 1 aliphatic rings. The van der Waals surface area contributed by atoms with Gasteiger partial charge in [-0.1, -0.05) is 19.4 Å². The molecule has 2 N–H and O–H groups in total. The second kappa shape index (κ2) is 7.46. The summed E-state index contributed by atoms with van der Waals surface area (Å²) in [7, 11) is 2.20. The minimum Gasteiger partial charge on any atom is -0.383 e. The maximum atomic E-state index is 11.5. The highest BCUT2D eigenvalue weighted by Gasteiger charge is 2.18. The molecule has 116 valence electrons. The summed E-state index contributed by atoms with van der Waals surface area (Å²) in [5, 5.41) is 6.47. The number of likely N-dealkylation sites (tertiary alicyclic amines) is 1. The summed E-state index contributed by atoms with van der Waals surface area (Å²) in [6, 6.07) is 6.65. The van der Waals surface area contributed by atoms with Gasteiger partial charge in [-0.25, -0.2) is 0 Å². The second-order valence-corrected chi connectivity index (χ2v) is 5.94. The van der Waals surface area contributed by atoms with E-state index in [2.05, 4.69) is 35.6 Å². The number of anilines is 2. The van der Waals surface area contributed by atoms with Crippen LogP contribution in [0, 0.1) is 6.92 Å². The van der Waals surface area contributed by atoms with E-state index in [0.29, 0.717) is 12.5 Å². The molecule has 1 unspecified atom stereocenters. The molecule has 1 aliphatic heterocycles. The Bertz CT molecular complexity index is 487. The molecule has 1 atom stereocenters. The van der Waals surface area contributed by atoms with E-state index >= 15 is 0 Å². The Labute approximate surface area is 127 Å². The Balaban J connectivity index is 1.98. The van der Waals surface area contributed by atoms with Crippen LogP contribution < -0.4 is 10.6 Å². The Hall–Kier alpha value is -1.55. The van der Waals surface area contributed by atoms with Crippen LogP contribution in [-0.4, -0.2) is 37.0 Å². The van der Waals surface area contributed by atoms with Gasteiger partial charge in [0.2, 0.25) is 5.91 Å². The summed E-state index contributed by atoms with van der Waals surface area (Å²) in [5.74, 6) is 0.0526. The zero-order valence-corrected chi connectivity index (χ0v) is 13.4. The molecular weight excluding hydrogens is 262 g/mol. The predicted octanol–water partition coefficient (Wildman–Crippen LogP) is 3.24. The van der Waals surface area contributed by atoms with E-state index in [1.807, 2.05) is 19.1 Å².